The van der Waals surface area contributed by atoms with Crippen molar-refractivity contribution in [3.8, 4) is 5.75 Å². The maximum Gasteiger partial charge on any atom is 0.267 e. The summed E-state index contributed by atoms with van der Waals surface area (Å²) < 4.78 is 5.21. The fourth-order valence-corrected chi connectivity index (χ4v) is 4.40. The minimum absolute atomic E-state index is 0.0866. The first-order valence-corrected chi connectivity index (χ1v) is 9.47. The van der Waals surface area contributed by atoms with Crippen molar-refractivity contribution in [2.24, 2.45) is 0 Å². The molecule has 0 fully saturated rings. The maximum atomic E-state index is 12.4. The molecular weight excluding hydrogens is 334 g/mol. The van der Waals surface area contributed by atoms with Gasteiger partial charge in [0.1, 0.15) is 11.4 Å². The van der Waals surface area contributed by atoms with E-state index in [1.807, 2.05) is 24.3 Å². The molecule has 0 spiro atoms. The molecule has 5 nitrogen and oxygen atoms in total. The van der Waals surface area contributed by atoms with Gasteiger partial charge in [0.2, 0.25) is 0 Å². The predicted octanol–water partition coefficient (Wildman–Crippen LogP) is 3.48. The third-order valence-corrected chi connectivity index (χ3v) is 5.81. The minimum atomic E-state index is -0.0866. The van der Waals surface area contributed by atoms with Crippen LogP contribution in [0.5, 0.6) is 5.75 Å². The van der Waals surface area contributed by atoms with Gasteiger partial charge >= 0.3 is 0 Å². The van der Waals surface area contributed by atoms with Gasteiger partial charge in [0, 0.05) is 34.8 Å². The zero-order chi connectivity index (χ0) is 17.2. The van der Waals surface area contributed by atoms with Crippen LogP contribution in [-0.4, -0.2) is 29.5 Å². The summed E-state index contributed by atoms with van der Waals surface area (Å²) in [5, 5.41) is 5.11. The van der Waals surface area contributed by atoms with Crippen molar-refractivity contribution in [3.63, 3.8) is 0 Å². The molecule has 4 rings (SSSR count). The highest BCUT2D eigenvalue weighted by atomic mass is 32.1. The van der Waals surface area contributed by atoms with Gasteiger partial charge in [-0.3, -0.25) is 4.79 Å². The molecule has 3 aromatic rings. The van der Waals surface area contributed by atoms with Crippen molar-refractivity contribution in [3.05, 3.63) is 45.5 Å². The number of hydrogen-bond donors (Lipinski definition) is 2. The van der Waals surface area contributed by atoms with Gasteiger partial charge in [-0.1, -0.05) is 0 Å². The molecule has 0 saturated heterocycles. The van der Waals surface area contributed by atoms with E-state index in [4.69, 9.17) is 9.72 Å². The quantitative estimate of drug-likeness (QED) is 0.736. The van der Waals surface area contributed by atoms with E-state index >= 15 is 0 Å². The van der Waals surface area contributed by atoms with Crippen LogP contribution in [0.1, 0.15) is 38.9 Å². The predicted molar refractivity (Wildman–Crippen MR) is 99.6 cm³/mol. The summed E-state index contributed by atoms with van der Waals surface area (Å²) >= 11 is 1.81. The van der Waals surface area contributed by atoms with E-state index < -0.39 is 0 Å². The molecule has 2 N–H and O–H groups in total. The number of carbonyl (C=O) groups is 1. The Morgan fingerprint density at radius 1 is 1.32 bits per heavy atom. The third kappa shape index (κ3) is 3.39. The molecule has 6 heteroatoms. The van der Waals surface area contributed by atoms with Crippen molar-refractivity contribution < 1.29 is 9.53 Å². The van der Waals surface area contributed by atoms with E-state index in [1.54, 1.807) is 18.4 Å². The number of aromatic nitrogens is 2. The van der Waals surface area contributed by atoms with Crippen molar-refractivity contribution >= 4 is 28.1 Å². The topological polar surface area (TPSA) is 67.0 Å². The molecule has 0 aliphatic heterocycles. The van der Waals surface area contributed by atoms with Crippen LogP contribution < -0.4 is 10.1 Å². The van der Waals surface area contributed by atoms with E-state index in [2.05, 4.69) is 10.3 Å². The number of H-pyrrole nitrogens is 1. The highest BCUT2D eigenvalue weighted by molar-refractivity contribution is 7.11. The molecule has 1 aliphatic carbocycles. The number of amides is 1. The van der Waals surface area contributed by atoms with Gasteiger partial charge in [-0.25, -0.2) is 4.98 Å². The number of hydrogen-bond acceptors (Lipinski definition) is 4. The number of rotatable bonds is 5. The maximum absolute atomic E-state index is 12.4. The first kappa shape index (κ1) is 16.1. The van der Waals surface area contributed by atoms with Crippen molar-refractivity contribution in [1.82, 2.24) is 15.3 Å². The molecular formula is C19H21N3O2S. The Morgan fingerprint density at radius 3 is 3.04 bits per heavy atom. The lowest BCUT2D eigenvalue weighted by Crippen LogP contribution is -2.25. The Kier molecular flexibility index (Phi) is 4.44. The number of methoxy groups -OCH3 is 1. The van der Waals surface area contributed by atoms with Crippen molar-refractivity contribution in [1.29, 1.82) is 0 Å². The van der Waals surface area contributed by atoms with Crippen LogP contribution in [-0.2, 0) is 19.3 Å². The molecule has 1 amide bonds. The molecule has 0 unspecified atom stereocenters. The van der Waals surface area contributed by atoms with Crippen LogP contribution >= 0.6 is 11.3 Å². The van der Waals surface area contributed by atoms with Gasteiger partial charge in [-0.2, -0.15) is 0 Å². The van der Waals surface area contributed by atoms with Gasteiger partial charge in [0.05, 0.1) is 17.8 Å². The van der Waals surface area contributed by atoms with Crippen LogP contribution in [0.3, 0.4) is 0 Å². The number of carbonyl (C=O) groups excluding carboxylic acids is 1. The highest BCUT2D eigenvalue weighted by Crippen LogP contribution is 2.26. The van der Waals surface area contributed by atoms with Crippen LogP contribution in [0, 0.1) is 0 Å². The lowest BCUT2D eigenvalue weighted by atomic mass is 10.0. The number of thiazole rings is 1. The number of benzene rings is 1. The molecule has 0 bridgehead atoms. The summed E-state index contributed by atoms with van der Waals surface area (Å²) in [6.07, 6.45) is 5.58. The normalized spacial score (nSPS) is 13.6. The zero-order valence-corrected chi connectivity index (χ0v) is 15.0. The minimum Gasteiger partial charge on any atom is -0.497 e. The van der Waals surface area contributed by atoms with Crippen LogP contribution in [0.2, 0.25) is 0 Å². The van der Waals surface area contributed by atoms with E-state index in [1.165, 1.54) is 23.4 Å². The molecule has 2 heterocycles. The second-order valence-electron chi connectivity index (χ2n) is 6.33. The Bertz CT molecular complexity index is 889. The number of aryl methyl sites for hydroxylation is 2. The van der Waals surface area contributed by atoms with E-state index in [-0.39, 0.29) is 5.91 Å². The van der Waals surface area contributed by atoms with Crippen LogP contribution in [0.4, 0.5) is 0 Å². The number of ether oxygens (including phenoxy) is 1. The molecule has 1 aliphatic rings. The Labute approximate surface area is 150 Å². The van der Waals surface area contributed by atoms with Crippen molar-refractivity contribution in [2.75, 3.05) is 13.7 Å². The summed E-state index contributed by atoms with van der Waals surface area (Å²) in [5.74, 6) is 0.686. The lowest BCUT2D eigenvalue weighted by Gasteiger charge is -2.06. The standard InChI is InChI=1S/C19H21N3O2S/c1-24-13-7-6-12-10-16(21-15(12)11-13)19(23)20-9-8-18-22-14-4-2-3-5-17(14)25-18/h6-7,10-11,21H,2-5,8-9H2,1H3,(H,20,23). The average molecular weight is 355 g/mol. The molecule has 2 aromatic heterocycles. The second kappa shape index (κ2) is 6.88. The largest absolute Gasteiger partial charge is 0.497 e. The molecule has 0 saturated carbocycles. The summed E-state index contributed by atoms with van der Waals surface area (Å²) in [7, 11) is 1.63. The Balaban J connectivity index is 1.38. The smallest absolute Gasteiger partial charge is 0.267 e. The molecule has 0 atom stereocenters. The van der Waals surface area contributed by atoms with Gasteiger partial charge in [-0.05, 0) is 43.9 Å². The van der Waals surface area contributed by atoms with Gasteiger partial charge in [0.15, 0.2) is 0 Å². The average Bonchev–Trinajstić information content (AvgIpc) is 3.24. The van der Waals surface area contributed by atoms with Gasteiger partial charge in [0.25, 0.3) is 5.91 Å². The van der Waals surface area contributed by atoms with Crippen LogP contribution in [0.25, 0.3) is 10.9 Å². The number of nitrogens with one attached hydrogen (secondary N) is 2. The molecule has 130 valence electrons. The fraction of sp³-hybridized carbons (Fsp3) is 0.368. The molecule has 0 radical (unpaired) electrons. The van der Waals surface area contributed by atoms with Crippen molar-refractivity contribution in [2.45, 2.75) is 32.1 Å². The fourth-order valence-electron chi connectivity index (χ4n) is 3.25. The highest BCUT2D eigenvalue weighted by Gasteiger charge is 2.15. The van der Waals surface area contributed by atoms with Crippen LogP contribution in [0.15, 0.2) is 24.3 Å². The summed E-state index contributed by atoms with van der Waals surface area (Å²) in [6, 6.07) is 7.60. The van der Waals surface area contributed by atoms with E-state index in [9.17, 15) is 4.79 Å². The number of fused-ring (bicyclic) bond motifs is 2. The monoisotopic (exact) mass is 355 g/mol. The number of nitrogens with zero attached hydrogens (tertiary/aromatic N) is 1. The Hall–Kier alpha value is -2.34. The first-order chi connectivity index (χ1) is 12.2. The van der Waals surface area contributed by atoms with Gasteiger partial charge < -0.3 is 15.0 Å². The second-order valence-corrected chi connectivity index (χ2v) is 7.49. The third-order valence-electron chi connectivity index (χ3n) is 4.59. The summed E-state index contributed by atoms with van der Waals surface area (Å²) in [6.45, 7) is 0.601. The van der Waals surface area contributed by atoms with E-state index in [0.29, 0.717) is 12.2 Å². The first-order valence-electron chi connectivity index (χ1n) is 8.65. The van der Waals surface area contributed by atoms with Gasteiger partial charge in [-0.15, -0.1) is 11.3 Å². The zero-order valence-electron chi connectivity index (χ0n) is 14.2. The number of aromatic amines is 1. The summed E-state index contributed by atoms with van der Waals surface area (Å²) in [4.78, 5) is 21.7. The summed E-state index contributed by atoms with van der Waals surface area (Å²) in [5.41, 5.74) is 2.75. The van der Waals surface area contributed by atoms with E-state index in [0.717, 1.165) is 40.9 Å². The Morgan fingerprint density at radius 2 is 2.20 bits per heavy atom. The SMILES string of the molecule is COc1ccc2cc(C(=O)NCCc3nc4c(s3)CCCC4)[nH]c2c1. The molecule has 1 aromatic carbocycles. The molecule has 25 heavy (non-hydrogen) atoms. The lowest BCUT2D eigenvalue weighted by molar-refractivity contribution is 0.0950.